The Hall–Kier alpha value is -0.380. The second kappa shape index (κ2) is 3.08. The van der Waals surface area contributed by atoms with Gasteiger partial charge in [0.05, 0.1) is 0 Å². The first kappa shape index (κ1) is 9.19. The minimum atomic E-state index is -0.0734. The molecule has 0 unspecified atom stereocenters. The molecule has 1 heterocycles. The fourth-order valence-corrected chi connectivity index (χ4v) is 1.56. The summed E-state index contributed by atoms with van der Waals surface area (Å²) in [6.07, 6.45) is 2.83. The first-order chi connectivity index (χ1) is 6.09. The van der Waals surface area contributed by atoms with E-state index in [4.69, 9.17) is 28.9 Å². The molecule has 0 spiro atoms. The number of aromatic nitrogens is 2. The molecule has 0 radical (unpaired) electrons. The summed E-state index contributed by atoms with van der Waals surface area (Å²) in [5.74, 6) is 0. The summed E-state index contributed by atoms with van der Waals surface area (Å²) >= 11 is 11.5. The maximum Gasteiger partial charge on any atom is 0.155 e. The van der Waals surface area contributed by atoms with Crippen molar-refractivity contribution < 1.29 is 0 Å². The monoisotopic (exact) mass is 217 g/mol. The zero-order chi connectivity index (χ0) is 9.47. The van der Waals surface area contributed by atoms with Crippen molar-refractivity contribution in [2.45, 2.75) is 24.8 Å². The van der Waals surface area contributed by atoms with Crippen LogP contribution in [0.3, 0.4) is 0 Å². The van der Waals surface area contributed by atoms with Crippen LogP contribution in [0.25, 0.3) is 0 Å². The standard InChI is InChI=1S/C8H9Cl2N3/c9-6-3-5(7(10)13-12-6)4-8(11)1-2-8/h3H,1-2,4,11H2. The van der Waals surface area contributed by atoms with Gasteiger partial charge in [-0.25, -0.2) is 0 Å². The van der Waals surface area contributed by atoms with Gasteiger partial charge in [0.2, 0.25) is 0 Å². The van der Waals surface area contributed by atoms with E-state index in [-0.39, 0.29) is 5.54 Å². The predicted octanol–water partition coefficient (Wildman–Crippen LogP) is 1.82. The number of hydrogen-bond acceptors (Lipinski definition) is 3. The van der Waals surface area contributed by atoms with Crippen molar-refractivity contribution in [3.63, 3.8) is 0 Å². The van der Waals surface area contributed by atoms with Crippen LogP contribution < -0.4 is 5.73 Å². The Balaban J connectivity index is 2.23. The first-order valence-corrected chi connectivity index (χ1v) is 4.81. The van der Waals surface area contributed by atoms with E-state index < -0.39 is 0 Å². The quantitative estimate of drug-likeness (QED) is 0.823. The molecule has 3 nitrogen and oxygen atoms in total. The number of nitrogens with zero attached hydrogens (tertiary/aromatic N) is 2. The summed E-state index contributed by atoms with van der Waals surface area (Å²) < 4.78 is 0. The molecule has 13 heavy (non-hydrogen) atoms. The molecular weight excluding hydrogens is 209 g/mol. The molecule has 0 aliphatic heterocycles. The number of halogens is 2. The average Bonchev–Trinajstić information content (AvgIpc) is 2.76. The van der Waals surface area contributed by atoms with Crippen molar-refractivity contribution in [1.29, 1.82) is 0 Å². The second-order valence-corrected chi connectivity index (χ2v) is 4.27. The predicted molar refractivity (Wildman–Crippen MR) is 51.9 cm³/mol. The van der Waals surface area contributed by atoms with E-state index in [0.29, 0.717) is 10.3 Å². The smallest absolute Gasteiger partial charge is 0.155 e. The highest BCUT2D eigenvalue weighted by Crippen LogP contribution is 2.36. The Morgan fingerprint density at radius 2 is 2.08 bits per heavy atom. The Labute approximate surface area is 86.2 Å². The van der Waals surface area contributed by atoms with Gasteiger partial charge in [-0.05, 0) is 30.9 Å². The first-order valence-electron chi connectivity index (χ1n) is 4.06. The normalized spacial score (nSPS) is 18.7. The van der Waals surface area contributed by atoms with Gasteiger partial charge in [0.15, 0.2) is 10.3 Å². The number of hydrogen-bond donors (Lipinski definition) is 1. The summed E-state index contributed by atoms with van der Waals surface area (Å²) in [7, 11) is 0. The van der Waals surface area contributed by atoms with Gasteiger partial charge in [0.1, 0.15) is 0 Å². The third kappa shape index (κ3) is 2.10. The lowest BCUT2D eigenvalue weighted by Gasteiger charge is -2.08. The molecule has 0 bridgehead atoms. The van der Waals surface area contributed by atoms with E-state index in [1.165, 1.54) is 0 Å². The molecule has 2 N–H and O–H groups in total. The molecule has 0 saturated heterocycles. The third-order valence-corrected chi connectivity index (χ3v) is 2.73. The van der Waals surface area contributed by atoms with Crippen LogP contribution in [-0.2, 0) is 6.42 Å². The van der Waals surface area contributed by atoms with Gasteiger partial charge in [-0.1, -0.05) is 23.2 Å². The van der Waals surface area contributed by atoms with Crippen LogP contribution in [0.1, 0.15) is 18.4 Å². The molecule has 1 saturated carbocycles. The second-order valence-electron chi connectivity index (χ2n) is 3.52. The van der Waals surface area contributed by atoms with E-state index >= 15 is 0 Å². The minimum Gasteiger partial charge on any atom is -0.325 e. The van der Waals surface area contributed by atoms with E-state index in [1.54, 1.807) is 6.07 Å². The topological polar surface area (TPSA) is 51.8 Å². The van der Waals surface area contributed by atoms with Gasteiger partial charge in [-0.2, -0.15) is 0 Å². The summed E-state index contributed by atoms with van der Waals surface area (Å²) in [6.45, 7) is 0. The van der Waals surface area contributed by atoms with Crippen LogP contribution >= 0.6 is 23.2 Å². The van der Waals surface area contributed by atoms with Gasteiger partial charge in [0, 0.05) is 5.54 Å². The highest BCUT2D eigenvalue weighted by molar-refractivity contribution is 6.31. The summed E-state index contributed by atoms with van der Waals surface area (Å²) in [5.41, 5.74) is 6.76. The van der Waals surface area contributed by atoms with Crippen LogP contribution in [0.5, 0.6) is 0 Å². The summed E-state index contributed by atoms with van der Waals surface area (Å²) in [5, 5.41) is 8.12. The van der Waals surface area contributed by atoms with Crippen molar-refractivity contribution >= 4 is 23.2 Å². The fourth-order valence-electron chi connectivity index (χ4n) is 1.23. The van der Waals surface area contributed by atoms with Gasteiger partial charge in [-0.3, -0.25) is 0 Å². The number of rotatable bonds is 2. The van der Waals surface area contributed by atoms with Crippen molar-refractivity contribution in [2.75, 3.05) is 0 Å². The van der Waals surface area contributed by atoms with Gasteiger partial charge in [0.25, 0.3) is 0 Å². The number of nitrogens with two attached hydrogens (primary N) is 1. The third-order valence-electron chi connectivity index (χ3n) is 2.23. The average molecular weight is 218 g/mol. The molecule has 0 atom stereocenters. The molecule has 1 aliphatic rings. The molecule has 0 aromatic carbocycles. The van der Waals surface area contributed by atoms with Crippen LogP contribution in [-0.4, -0.2) is 15.7 Å². The van der Waals surface area contributed by atoms with Crippen LogP contribution in [0, 0.1) is 0 Å². The molecule has 5 heteroatoms. The summed E-state index contributed by atoms with van der Waals surface area (Å²) in [6, 6.07) is 1.73. The maximum absolute atomic E-state index is 5.95. The van der Waals surface area contributed by atoms with Crippen molar-refractivity contribution in [3.05, 3.63) is 21.9 Å². The van der Waals surface area contributed by atoms with Gasteiger partial charge >= 0.3 is 0 Å². The Bertz CT molecular complexity index is 336. The zero-order valence-corrected chi connectivity index (χ0v) is 8.44. The summed E-state index contributed by atoms with van der Waals surface area (Å²) in [4.78, 5) is 0. The van der Waals surface area contributed by atoms with Crippen molar-refractivity contribution in [1.82, 2.24) is 10.2 Å². The van der Waals surface area contributed by atoms with Crippen LogP contribution in [0.2, 0.25) is 10.3 Å². The van der Waals surface area contributed by atoms with Crippen LogP contribution in [0.4, 0.5) is 0 Å². The molecule has 1 aromatic heterocycles. The van der Waals surface area contributed by atoms with Crippen molar-refractivity contribution in [2.24, 2.45) is 5.73 Å². The van der Waals surface area contributed by atoms with Gasteiger partial charge < -0.3 is 5.73 Å². The molecular formula is C8H9Cl2N3. The maximum atomic E-state index is 5.95. The van der Waals surface area contributed by atoms with E-state index in [2.05, 4.69) is 10.2 Å². The fraction of sp³-hybridized carbons (Fsp3) is 0.500. The van der Waals surface area contributed by atoms with Crippen LogP contribution in [0.15, 0.2) is 6.07 Å². The minimum absolute atomic E-state index is 0.0734. The lowest BCUT2D eigenvalue weighted by atomic mass is 10.1. The highest BCUT2D eigenvalue weighted by atomic mass is 35.5. The van der Waals surface area contributed by atoms with E-state index in [9.17, 15) is 0 Å². The van der Waals surface area contributed by atoms with Crippen molar-refractivity contribution in [3.8, 4) is 0 Å². The Morgan fingerprint density at radius 1 is 1.38 bits per heavy atom. The Kier molecular flexibility index (Phi) is 2.18. The lowest BCUT2D eigenvalue weighted by molar-refractivity contribution is 0.668. The molecule has 0 amide bonds. The molecule has 2 rings (SSSR count). The highest BCUT2D eigenvalue weighted by Gasteiger charge is 2.38. The molecule has 1 aliphatic carbocycles. The molecule has 70 valence electrons. The molecule has 1 fully saturated rings. The molecule has 1 aromatic rings. The van der Waals surface area contributed by atoms with E-state index in [0.717, 1.165) is 24.8 Å². The largest absolute Gasteiger partial charge is 0.325 e. The van der Waals surface area contributed by atoms with E-state index in [1.807, 2.05) is 0 Å². The Morgan fingerprint density at radius 3 is 2.69 bits per heavy atom. The zero-order valence-electron chi connectivity index (χ0n) is 6.93. The lowest BCUT2D eigenvalue weighted by Crippen LogP contribution is -2.24. The van der Waals surface area contributed by atoms with Gasteiger partial charge in [-0.15, -0.1) is 10.2 Å². The SMILES string of the molecule is NC1(Cc2cc(Cl)nnc2Cl)CC1.